The lowest BCUT2D eigenvalue weighted by Crippen LogP contribution is -2.29. The molecule has 208 valence electrons. The van der Waals surface area contributed by atoms with Crippen LogP contribution in [0.4, 0.5) is 0 Å². The Kier molecular flexibility index (Phi) is 10.1. The molecule has 5 nitrogen and oxygen atoms in total. The van der Waals surface area contributed by atoms with E-state index in [0.29, 0.717) is 22.9 Å². The summed E-state index contributed by atoms with van der Waals surface area (Å²) in [5.41, 5.74) is 4.14. The van der Waals surface area contributed by atoms with Gasteiger partial charge >= 0.3 is 0 Å². The quantitative estimate of drug-likeness (QED) is 0.115. The first kappa shape index (κ1) is 28.9. The van der Waals surface area contributed by atoms with Crippen molar-refractivity contribution in [1.82, 2.24) is 20.1 Å². The number of nitrogens with one attached hydrogen (secondary N) is 1. The van der Waals surface area contributed by atoms with Crippen LogP contribution in [-0.2, 0) is 11.2 Å². The number of carbonyl (C=O) groups is 1. The Bertz CT molecular complexity index is 1520. The van der Waals surface area contributed by atoms with E-state index in [2.05, 4.69) is 27.6 Å². The predicted molar refractivity (Wildman–Crippen MR) is 168 cm³/mol. The van der Waals surface area contributed by atoms with Crippen molar-refractivity contribution >= 4 is 40.9 Å². The minimum absolute atomic E-state index is 0.0387. The molecule has 0 spiro atoms. The number of amides is 1. The summed E-state index contributed by atoms with van der Waals surface area (Å²) in [4.78, 5) is 12.9. The molecule has 4 aromatic carbocycles. The average molecular weight is 602 g/mol. The lowest BCUT2D eigenvalue weighted by molar-refractivity contribution is -0.121. The van der Waals surface area contributed by atoms with Crippen LogP contribution in [0.15, 0.2) is 114 Å². The Balaban J connectivity index is 1.20. The molecule has 1 amide bonds. The normalized spacial score (nSPS) is 11.1. The molecule has 0 bridgehead atoms. The highest BCUT2D eigenvalue weighted by Gasteiger charge is 2.18. The van der Waals surface area contributed by atoms with Crippen molar-refractivity contribution in [1.29, 1.82) is 0 Å². The van der Waals surface area contributed by atoms with Gasteiger partial charge in [-0.2, -0.15) is 0 Å². The Morgan fingerprint density at radius 1 is 0.780 bits per heavy atom. The van der Waals surface area contributed by atoms with Crippen molar-refractivity contribution in [3.05, 3.63) is 142 Å². The molecule has 0 fully saturated rings. The van der Waals surface area contributed by atoms with Crippen molar-refractivity contribution in [3.63, 3.8) is 0 Å². The van der Waals surface area contributed by atoms with E-state index in [9.17, 15) is 4.79 Å². The zero-order valence-corrected chi connectivity index (χ0v) is 24.7. The van der Waals surface area contributed by atoms with Crippen LogP contribution in [0.25, 0.3) is 5.69 Å². The molecule has 0 radical (unpaired) electrons. The van der Waals surface area contributed by atoms with Crippen LogP contribution >= 0.6 is 35.0 Å². The summed E-state index contributed by atoms with van der Waals surface area (Å²) in [6.07, 6.45) is 2.73. The Morgan fingerprint density at radius 3 is 2.05 bits per heavy atom. The molecular weight excluding hydrogens is 571 g/mol. The molecule has 5 aromatic rings. The number of thioether (sulfide) groups is 1. The molecule has 0 saturated carbocycles. The number of rotatable bonds is 12. The molecule has 41 heavy (non-hydrogen) atoms. The molecule has 0 aliphatic carbocycles. The van der Waals surface area contributed by atoms with Crippen LogP contribution in [-0.4, -0.2) is 26.4 Å². The number of unbranched alkanes of at least 4 members (excludes halogenated alkanes) is 1. The summed E-state index contributed by atoms with van der Waals surface area (Å²) in [7, 11) is 0. The lowest BCUT2D eigenvalue weighted by Gasteiger charge is -2.20. The number of nitrogens with zero attached hydrogens (tertiary/aromatic N) is 3. The van der Waals surface area contributed by atoms with Gasteiger partial charge in [0.25, 0.3) is 0 Å². The first-order valence-corrected chi connectivity index (χ1v) is 15.3. The van der Waals surface area contributed by atoms with Crippen LogP contribution in [0.1, 0.15) is 47.8 Å². The van der Waals surface area contributed by atoms with Crippen molar-refractivity contribution in [2.75, 3.05) is 5.75 Å². The maximum Gasteiger partial charge on any atom is 0.220 e. The standard InChI is InChI=1S/C33H30Cl2N4OS/c34-28-20-19-27(23-29(28)35)39-30(22-24-12-4-1-5-13-24)37-38-33(39)41-21-11-10-18-31(40)36-32(25-14-6-2-7-15-25)26-16-8-3-9-17-26/h1-9,12-17,19-20,23,32H,10-11,18,21-22H2,(H,36,40). The second-order valence-corrected chi connectivity index (χ2v) is 11.5. The minimum Gasteiger partial charge on any atom is -0.345 e. The second-order valence-electron chi connectivity index (χ2n) is 9.62. The average Bonchev–Trinajstić information content (AvgIpc) is 3.40. The van der Waals surface area contributed by atoms with Crippen molar-refractivity contribution in [2.24, 2.45) is 0 Å². The van der Waals surface area contributed by atoms with Gasteiger partial charge in [-0.15, -0.1) is 10.2 Å². The molecule has 8 heteroatoms. The van der Waals surface area contributed by atoms with Gasteiger partial charge in [0.1, 0.15) is 5.82 Å². The van der Waals surface area contributed by atoms with E-state index < -0.39 is 0 Å². The number of aromatic nitrogens is 3. The minimum atomic E-state index is -0.174. The molecule has 0 saturated heterocycles. The third kappa shape index (κ3) is 7.79. The molecule has 5 rings (SSSR count). The van der Waals surface area contributed by atoms with Crippen molar-refractivity contribution in [2.45, 2.75) is 36.9 Å². The molecule has 0 atom stereocenters. The summed E-state index contributed by atoms with van der Waals surface area (Å²) >= 11 is 14.2. The van der Waals surface area contributed by atoms with Crippen LogP contribution < -0.4 is 5.32 Å². The number of benzene rings is 4. The number of hydrogen-bond donors (Lipinski definition) is 1. The van der Waals surface area contributed by atoms with E-state index in [0.717, 1.165) is 52.0 Å². The second kappa shape index (κ2) is 14.4. The van der Waals surface area contributed by atoms with Gasteiger partial charge in [-0.3, -0.25) is 9.36 Å². The molecular formula is C33H30Cl2N4OS. The highest BCUT2D eigenvalue weighted by molar-refractivity contribution is 7.99. The van der Waals surface area contributed by atoms with Gasteiger partial charge in [0.15, 0.2) is 5.16 Å². The maximum absolute atomic E-state index is 12.9. The Morgan fingerprint density at radius 2 is 1.41 bits per heavy atom. The molecule has 1 aromatic heterocycles. The Hall–Kier alpha value is -3.58. The van der Waals surface area contributed by atoms with Crippen LogP contribution in [0, 0.1) is 0 Å². The van der Waals surface area contributed by atoms with Gasteiger partial charge in [-0.25, -0.2) is 0 Å². The molecule has 1 heterocycles. The molecule has 0 aliphatic heterocycles. The van der Waals surface area contributed by atoms with Gasteiger partial charge in [-0.05, 0) is 47.7 Å². The summed E-state index contributed by atoms with van der Waals surface area (Å²) in [6, 6.07) is 35.7. The SMILES string of the molecule is O=C(CCCCSc1nnc(Cc2ccccc2)n1-c1ccc(Cl)c(Cl)c1)NC(c1ccccc1)c1ccccc1. The summed E-state index contributed by atoms with van der Waals surface area (Å²) in [5.74, 6) is 1.67. The summed E-state index contributed by atoms with van der Waals surface area (Å²) in [5, 5.41) is 14.0. The fourth-order valence-corrected chi connectivity index (χ4v) is 5.87. The highest BCUT2D eigenvalue weighted by Crippen LogP contribution is 2.29. The zero-order valence-electron chi connectivity index (χ0n) is 22.4. The largest absolute Gasteiger partial charge is 0.345 e. The van der Waals surface area contributed by atoms with Gasteiger partial charge in [-0.1, -0.05) is 126 Å². The number of carbonyl (C=O) groups excluding carboxylic acids is 1. The smallest absolute Gasteiger partial charge is 0.220 e. The van der Waals surface area contributed by atoms with Crippen molar-refractivity contribution < 1.29 is 4.79 Å². The highest BCUT2D eigenvalue weighted by atomic mass is 35.5. The monoisotopic (exact) mass is 600 g/mol. The molecule has 0 aliphatic rings. The first-order valence-electron chi connectivity index (χ1n) is 13.5. The van der Waals surface area contributed by atoms with Gasteiger partial charge in [0, 0.05) is 18.6 Å². The van der Waals surface area contributed by atoms with Crippen LogP contribution in [0.2, 0.25) is 10.0 Å². The molecule has 1 N–H and O–H groups in total. The van der Waals surface area contributed by atoms with Crippen molar-refractivity contribution in [3.8, 4) is 5.69 Å². The zero-order chi connectivity index (χ0) is 28.4. The predicted octanol–water partition coefficient (Wildman–Crippen LogP) is 8.33. The summed E-state index contributed by atoms with van der Waals surface area (Å²) < 4.78 is 2.04. The van der Waals surface area contributed by atoms with E-state index in [4.69, 9.17) is 23.2 Å². The van der Waals surface area contributed by atoms with E-state index in [1.165, 1.54) is 0 Å². The topological polar surface area (TPSA) is 59.8 Å². The van der Waals surface area contributed by atoms with E-state index >= 15 is 0 Å². The van der Waals surface area contributed by atoms with Gasteiger partial charge in [0.2, 0.25) is 5.91 Å². The van der Waals surface area contributed by atoms with Gasteiger partial charge < -0.3 is 5.32 Å². The maximum atomic E-state index is 12.9. The fourth-order valence-electron chi connectivity index (χ4n) is 4.60. The van der Waals surface area contributed by atoms with E-state index in [1.54, 1.807) is 17.8 Å². The molecule has 0 unspecified atom stereocenters. The van der Waals surface area contributed by atoms with Crippen LogP contribution in [0.3, 0.4) is 0 Å². The Labute approximate surface area is 254 Å². The van der Waals surface area contributed by atoms with E-state index in [-0.39, 0.29) is 11.9 Å². The van der Waals surface area contributed by atoms with Gasteiger partial charge in [0.05, 0.1) is 21.8 Å². The third-order valence-electron chi connectivity index (χ3n) is 6.67. The van der Waals surface area contributed by atoms with E-state index in [1.807, 2.05) is 95.6 Å². The van der Waals surface area contributed by atoms with Crippen LogP contribution in [0.5, 0.6) is 0 Å². The number of halogens is 2. The fraction of sp³-hybridized carbons (Fsp3) is 0.182. The first-order chi connectivity index (χ1) is 20.1. The lowest BCUT2D eigenvalue weighted by atomic mass is 9.98. The summed E-state index contributed by atoms with van der Waals surface area (Å²) in [6.45, 7) is 0. The third-order valence-corrected chi connectivity index (χ3v) is 8.42. The number of hydrogen-bond acceptors (Lipinski definition) is 4.